The van der Waals surface area contributed by atoms with Crippen molar-refractivity contribution in [3.63, 3.8) is 0 Å². The van der Waals surface area contributed by atoms with E-state index in [1.54, 1.807) is 6.08 Å². The minimum Gasteiger partial charge on any atom is -0.466 e. The SMILES string of the molecule is CCCCCCCCC/C=C\CCCCCCCC(=O)OCCCCCCCCCCCCCCCC(=O)NC(CO)C(O)/C=C/CCCCCCCCCCCCC. The number of allylic oxidation sites excluding steroid dienone is 3. The predicted molar refractivity (Wildman–Crippen MR) is 255 cm³/mol. The molecule has 348 valence electrons. The summed E-state index contributed by atoms with van der Waals surface area (Å²) >= 11 is 0. The van der Waals surface area contributed by atoms with Crippen molar-refractivity contribution < 1.29 is 24.5 Å². The quantitative estimate of drug-likeness (QED) is 0.0322. The molecule has 1 amide bonds. The van der Waals surface area contributed by atoms with Gasteiger partial charge in [0.25, 0.3) is 0 Å². The number of hydrogen-bond donors (Lipinski definition) is 3. The Balaban J connectivity index is 3.47. The number of esters is 1. The number of hydrogen-bond acceptors (Lipinski definition) is 5. The Bertz CT molecular complexity index is 920. The number of amides is 1. The zero-order valence-corrected chi connectivity index (χ0v) is 39.5. The van der Waals surface area contributed by atoms with E-state index in [0.29, 0.717) is 19.4 Å². The topological polar surface area (TPSA) is 95.9 Å². The molecular weight excluding hydrogens is 731 g/mol. The second kappa shape index (κ2) is 49.0. The second-order valence-corrected chi connectivity index (χ2v) is 17.9. The van der Waals surface area contributed by atoms with Crippen molar-refractivity contribution >= 4 is 11.9 Å². The number of carbonyl (C=O) groups excluding carboxylic acids is 2. The Morgan fingerprint density at radius 2 is 0.797 bits per heavy atom. The summed E-state index contributed by atoms with van der Waals surface area (Å²) in [7, 11) is 0. The van der Waals surface area contributed by atoms with Gasteiger partial charge in [-0.05, 0) is 57.8 Å². The Hall–Kier alpha value is -1.66. The van der Waals surface area contributed by atoms with E-state index in [1.807, 2.05) is 6.08 Å². The van der Waals surface area contributed by atoms with Gasteiger partial charge in [-0.1, -0.05) is 231 Å². The minimum atomic E-state index is -0.852. The lowest BCUT2D eigenvalue weighted by molar-refractivity contribution is -0.143. The van der Waals surface area contributed by atoms with Crippen LogP contribution in [0.2, 0.25) is 0 Å². The molecule has 3 N–H and O–H groups in total. The molecule has 0 spiro atoms. The molecule has 0 aliphatic heterocycles. The van der Waals surface area contributed by atoms with E-state index >= 15 is 0 Å². The molecular formula is C53H101NO5. The molecule has 0 bridgehead atoms. The Morgan fingerprint density at radius 1 is 0.458 bits per heavy atom. The van der Waals surface area contributed by atoms with Crippen LogP contribution in [0.1, 0.15) is 277 Å². The normalized spacial score (nSPS) is 12.8. The molecule has 0 aliphatic rings. The molecule has 2 unspecified atom stereocenters. The first-order valence-corrected chi connectivity index (χ1v) is 26.1. The number of carbonyl (C=O) groups is 2. The van der Waals surface area contributed by atoms with E-state index in [-0.39, 0.29) is 18.5 Å². The van der Waals surface area contributed by atoms with Gasteiger partial charge in [0.2, 0.25) is 5.91 Å². The largest absolute Gasteiger partial charge is 0.466 e. The number of rotatable bonds is 48. The highest BCUT2D eigenvalue weighted by molar-refractivity contribution is 5.76. The molecule has 0 saturated carbocycles. The lowest BCUT2D eigenvalue weighted by Gasteiger charge is -2.20. The molecule has 6 heteroatoms. The van der Waals surface area contributed by atoms with E-state index in [1.165, 1.54) is 193 Å². The molecule has 0 radical (unpaired) electrons. The van der Waals surface area contributed by atoms with E-state index < -0.39 is 12.1 Å². The maximum Gasteiger partial charge on any atom is 0.305 e. The molecule has 0 aromatic rings. The van der Waals surface area contributed by atoms with Crippen molar-refractivity contribution in [3.8, 4) is 0 Å². The summed E-state index contributed by atoms with van der Waals surface area (Å²) in [5, 5.41) is 23.0. The van der Waals surface area contributed by atoms with Crippen LogP contribution in [0.4, 0.5) is 0 Å². The van der Waals surface area contributed by atoms with Gasteiger partial charge in [0.15, 0.2) is 0 Å². The summed E-state index contributed by atoms with van der Waals surface area (Å²) in [6, 6.07) is -0.636. The number of ether oxygens (including phenoxy) is 1. The van der Waals surface area contributed by atoms with Gasteiger partial charge in [0.05, 0.1) is 25.4 Å². The fraction of sp³-hybridized carbons (Fsp3) is 0.887. The summed E-state index contributed by atoms with van der Waals surface area (Å²) in [4.78, 5) is 24.5. The van der Waals surface area contributed by atoms with Crippen molar-refractivity contribution in [2.75, 3.05) is 13.2 Å². The van der Waals surface area contributed by atoms with Crippen LogP contribution in [-0.4, -0.2) is 47.4 Å². The predicted octanol–water partition coefficient (Wildman–Crippen LogP) is 15.5. The lowest BCUT2D eigenvalue weighted by atomic mass is 10.0. The first-order valence-electron chi connectivity index (χ1n) is 26.1. The standard InChI is InChI=1S/C53H101NO5/c1-3-5-7-9-11-13-15-17-18-19-23-27-31-35-39-43-47-53(58)59-48-44-40-36-32-28-24-20-22-26-30-34-38-42-46-52(57)54-50(49-55)51(56)45-41-37-33-29-25-21-16-14-12-10-8-6-4-2/h18-19,41,45,50-51,55-56H,3-17,20-40,42-44,46-49H2,1-2H3,(H,54,57)/b19-18-,45-41+. The average molecular weight is 832 g/mol. The van der Waals surface area contributed by atoms with Gasteiger partial charge >= 0.3 is 5.97 Å². The van der Waals surface area contributed by atoms with Crippen LogP contribution in [0, 0.1) is 0 Å². The van der Waals surface area contributed by atoms with Crippen molar-refractivity contribution in [1.29, 1.82) is 0 Å². The third-order valence-electron chi connectivity index (χ3n) is 12.0. The lowest BCUT2D eigenvalue weighted by Crippen LogP contribution is -2.45. The third-order valence-corrected chi connectivity index (χ3v) is 12.0. The fourth-order valence-corrected chi connectivity index (χ4v) is 7.92. The molecule has 0 aromatic heterocycles. The molecule has 0 aromatic carbocycles. The van der Waals surface area contributed by atoms with E-state index in [0.717, 1.165) is 57.8 Å². The van der Waals surface area contributed by atoms with E-state index in [2.05, 4.69) is 31.3 Å². The van der Waals surface area contributed by atoms with Crippen molar-refractivity contribution in [1.82, 2.24) is 5.32 Å². The third kappa shape index (κ3) is 45.7. The molecule has 2 atom stereocenters. The maximum absolute atomic E-state index is 12.4. The smallest absolute Gasteiger partial charge is 0.305 e. The van der Waals surface area contributed by atoms with Gasteiger partial charge in [-0.2, -0.15) is 0 Å². The van der Waals surface area contributed by atoms with Crippen LogP contribution in [0.15, 0.2) is 24.3 Å². The van der Waals surface area contributed by atoms with Crippen LogP contribution in [0.5, 0.6) is 0 Å². The van der Waals surface area contributed by atoms with Crippen LogP contribution in [0.3, 0.4) is 0 Å². The summed E-state index contributed by atoms with van der Waals surface area (Å²) in [6.07, 6.45) is 57.4. The van der Waals surface area contributed by atoms with Crippen LogP contribution < -0.4 is 5.32 Å². The van der Waals surface area contributed by atoms with Crippen LogP contribution in [0.25, 0.3) is 0 Å². The van der Waals surface area contributed by atoms with Gasteiger partial charge in [-0.25, -0.2) is 0 Å². The molecule has 59 heavy (non-hydrogen) atoms. The Morgan fingerprint density at radius 3 is 1.20 bits per heavy atom. The summed E-state index contributed by atoms with van der Waals surface area (Å²) in [5.74, 6) is -0.0959. The molecule has 0 heterocycles. The summed E-state index contributed by atoms with van der Waals surface area (Å²) in [5.41, 5.74) is 0. The molecule has 6 nitrogen and oxygen atoms in total. The Labute approximate surface area is 367 Å². The summed E-state index contributed by atoms with van der Waals surface area (Å²) < 4.78 is 5.46. The minimum absolute atomic E-state index is 0.0145. The van der Waals surface area contributed by atoms with E-state index in [9.17, 15) is 19.8 Å². The monoisotopic (exact) mass is 832 g/mol. The summed E-state index contributed by atoms with van der Waals surface area (Å²) in [6.45, 7) is 4.86. The molecule has 0 rings (SSSR count). The Kier molecular flexibility index (Phi) is 47.6. The zero-order valence-electron chi connectivity index (χ0n) is 39.5. The number of aliphatic hydroxyl groups is 2. The fourth-order valence-electron chi connectivity index (χ4n) is 7.92. The highest BCUT2D eigenvalue weighted by Gasteiger charge is 2.18. The number of aliphatic hydroxyl groups excluding tert-OH is 2. The zero-order chi connectivity index (χ0) is 43.0. The maximum atomic E-state index is 12.4. The second-order valence-electron chi connectivity index (χ2n) is 17.9. The number of unbranched alkanes of at least 4 members (excludes halogenated alkanes) is 35. The molecule has 0 fully saturated rings. The highest BCUT2D eigenvalue weighted by Crippen LogP contribution is 2.16. The van der Waals surface area contributed by atoms with Crippen molar-refractivity contribution in [2.45, 2.75) is 289 Å². The van der Waals surface area contributed by atoms with Gasteiger partial charge in [-0.15, -0.1) is 0 Å². The van der Waals surface area contributed by atoms with Crippen LogP contribution in [-0.2, 0) is 14.3 Å². The van der Waals surface area contributed by atoms with Crippen molar-refractivity contribution in [2.24, 2.45) is 0 Å². The van der Waals surface area contributed by atoms with Gasteiger partial charge in [0, 0.05) is 12.8 Å². The average Bonchev–Trinajstić information content (AvgIpc) is 3.24. The van der Waals surface area contributed by atoms with Gasteiger partial charge in [-0.3, -0.25) is 9.59 Å². The molecule has 0 saturated heterocycles. The van der Waals surface area contributed by atoms with Gasteiger partial charge < -0.3 is 20.3 Å². The van der Waals surface area contributed by atoms with E-state index in [4.69, 9.17) is 4.74 Å². The highest BCUT2D eigenvalue weighted by atomic mass is 16.5. The first-order chi connectivity index (χ1) is 29.0. The number of nitrogens with one attached hydrogen (secondary N) is 1. The first kappa shape index (κ1) is 57.3. The molecule has 0 aliphatic carbocycles. The van der Waals surface area contributed by atoms with Crippen LogP contribution >= 0.6 is 0 Å². The van der Waals surface area contributed by atoms with Gasteiger partial charge in [0.1, 0.15) is 0 Å². The van der Waals surface area contributed by atoms with Crippen molar-refractivity contribution in [3.05, 3.63) is 24.3 Å².